The van der Waals surface area contributed by atoms with Crippen molar-refractivity contribution in [2.75, 3.05) is 36.9 Å². The first-order valence-corrected chi connectivity index (χ1v) is 13.3. The number of ether oxygens (including phenoxy) is 2. The van der Waals surface area contributed by atoms with E-state index in [-0.39, 0.29) is 11.3 Å². The van der Waals surface area contributed by atoms with Gasteiger partial charge in [-0.15, -0.1) is 0 Å². The molecule has 3 rings (SSSR count). The van der Waals surface area contributed by atoms with Gasteiger partial charge in [-0.25, -0.2) is 8.42 Å². The van der Waals surface area contributed by atoms with Crippen LogP contribution < -0.4 is 14.4 Å². The molecule has 0 radical (unpaired) electrons. The number of sulfonamides is 1. The molecular formula is C25H34N2O5S. The fourth-order valence-corrected chi connectivity index (χ4v) is 5.62. The summed E-state index contributed by atoms with van der Waals surface area (Å²) in [6.45, 7) is 5.90. The van der Waals surface area contributed by atoms with E-state index in [2.05, 4.69) is 17.4 Å². The molecule has 8 heteroatoms. The Morgan fingerprint density at radius 1 is 1.09 bits per heavy atom. The second-order valence-corrected chi connectivity index (χ2v) is 10.2. The molecule has 7 nitrogen and oxygen atoms in total. The number of benzene rings is 2. The van der Waals surface area contributed by atoms with Crippen LogP contribution in [0, 0.1) is 0 Å². The van der Waals surface area contributed by atoms with Crippen LogP contribution in [0.25, 0.3) is 0 Å². The summed E-state index contributed by atoms with van der Waals surface area (Å²) in [5.41, 5.74) is 1.36. The maximum atomic E-state index is 13.3. The molecule has 0 aliphatic carbocycles. The van der Waals surface area contributed by atoms with Crippen molar-refractivity contribution in [3.63, 3.8) is 0 Å². The fourth-order valence-electron chi connectivity index (χ4n) is 4.41. The minimum absolute atomic E-state index is 0.234. The number of nitrogens with zero attached hydrogens (tertiary/aromatic N) is 1. The molecule has 1 aliphatic rings. The molecule has 2 aromatic rings. The molecule has 1 unspecified atom stereocenters. The van der Waals surface area contributed by atoms with Crippen LogP contribution in [-0.2, 0) is 25.0 Å². The van der Waals surface area contributed by atoms with Crippen LogP contribution in [0.3, 0.4) is 0 Å². The fraction of sp³-hybridized carbons (Fsp3) is 0.480. The second-order valence-electron chi connectivity index (χ2n) is 8.39. The first-order chi connectivity index (χ1) is 15.8. The van der Waals surface area contributed by atoms with E-state index >= 15 is 0 Å². The summed E-state index contributed by atoms with van der Waals surface area (Å²) < 4.78 is 37.7. The zero-order valence-electron chi connectivity index (χ0n) is 19.6. The van der Waals surface area contributed by atoms with E-state index in [0.717, 1.165) is 24.7 Å². The number of amides is 1. The van der Waals surface area contributed by atoms with E-state index < -0.39 is 16.1 Å². The average Bonchev–Trinajstić information content (AvgIpc) is 2.82. The summed E-state index contributed by atoms with van der Waals surface area (Å²) in [6, 6.07) is 16.1. The maximum Gasteiger partial charge on any atom is 0.243 e. The van der Waals surface area contributed by atoms with Crippen molar-refractivity contribution >= 4 is 21.6 Å². The molecule has 1 amide bonds. The molecule has 0 spiro atoms. The Labute approximate surface area is 197 Å². The molecule has 0 saturated carbocycles. The molecule has 2 aromatic carbocycles. The van der Waals surface area contributed by atoms with Crippen molar-refractivity contribution in [2.45, 2.75) is 44.6 Å². The van der Waals surface area contributed by atoms with Crippen LogP contribution in [0.1, 0.15) is 38.7 Å². The van der Waals surface area contributed by atoms with Gasteiger partial charge in [-0.2, -0.15) is 0 Å². The predicted molar refractivity (Wildman–Crippen MR) is 130 cm³/mol. The number of hydrogen-bond donors (Lipinski definition) is 1. The van der Waals surface area contributed by atoms with Gasteiger partial charge in [0.1, 0.15) is 11.8 Å². The van der Waals surface area contributed by atoms with Gasteiger partial charge >= 0.3 is 0 Å². The molecule has 0 bridgehead atoms. The monoisotopic (exact) mass is 474 g/mol. The number of anilines is 1. The summed E-state index contributed by atoms with van der Waals surface area (Å²) in [4.78, 5) is 13.3. The molecular weight excluding hydrogens is 440 g/mol. The third-order valence-corrected chi connectivity index (χ3v) is 7.35. The van der Waals surface area contributed by atoms with Crippen LogP contribution in [-0.4, -0.2) is 53.0 Å². The molecule has 1 saturated heterocycles. The lowest BCUT2D eigenvalue weighted by molar-refractivity contribution is -0.122. The molecule has 1 aliphatic heterocycles. The van der Waals surface area contributed by atoms with E-state index in [4.69, 9.17) is 9.47 Å². The zero-order chi connectivity index (χ0) is 23.9. The Balaban J connectivity index is 1.83. The molecule has 180 valence electrons. The largest absolute Gasteiger partial charge is 0.494 e. The molecule has 0 aromatic heterocycles. The minimum Gasteiger partial charge on any atom is -0.494 e. The van der Waals surface area contributed by atoms with Crippen molar-refractivity contribution in [3.8, 4) is 5.75 Å². The normalized spacial score (nSPS) is 16.6. The summed E-state index contributed by atoms with van der Waals surface area (Å²) in [5.74, 6) is 0.343. The SMILES string of the molecule is CCOc1ccc(N(C(CC)C(=O)NCC2(c3ccccc3)CCOCC2)S(C)(=O)=O)cc1. The van der Waals surface area contributed by atoms with Crippen molar-refractivity contribution in [1.29, 1.82) is 0 Å². The van der Waals surface area contributed by atoms with E-state index in [1.165, 1.54) is 4.31 Å². The highest BCUT2D eigenvalue weighted by atomic mass is 32.2. The lowest BCUT2D eigenvalue weighted by atomic mass is 9.74. The van der Waals surface area contributed by atoms with Crippen LogP contribution >= 0.6 is 0 Å². The Hall–Kier alpha value is -2.58. The van der Waals surface area contributed by atoms with Crippen molar-refractivity contribution in [1.82, 2.24) is 5.32 Å². The van der Waals surface area contributed by atoms with Gasteiger partial charge in [0, 0.05) is 25.2 Å². The summed E-state index contributed by atoms with van der Waals surface area (Å²) in [5, 5.41) is 3.07. The highest BCUT2D eigenvalue weighted by Gasteiger charge is 2.37. The Morgan fingerprint density at radius 3 is 2.27 bits per heavy atom. The topological polar surface area (TPSA) is 84.9 Å². The Morgan fingerprint density at radius 2 is 1.73 bits per heavy atom. The third kappa shape index (κ3) is 6.06. The quantitative estimate of drug-likeness (QED) is 0.570. The number of nitrogens with one attached hydrogen (secondary N) is 1. The average molecular weight is 475 g/mol. The molecule has 33 heavy (non-hydrogen) atoms. The maximum absolute atomic E-state index is 13.3. The van der Waals surface area contributed by atoms with Crippen LogP contribution in [0.4, 0.5) is 5.69 Å². The predicted octanol–water partition coefficient (Wildman–Crippen LogP) is 3.49. The van der Waals surface area contributed by atoms with Gasteiger partial charge in [-0.05, 0) is 56.0 Å². The highest BCUT2D eigenvalue weighted by molar-refractivity contribution is 7.92. The third-order valence-electron chi connectivity index (χ3n) is 6.17. The summed E-state index contributed by atoms with van der Waals surface area (Å²) >= 11 is 0. The van der Waals surface area contributed by atoms with Gasteiger partial charge in [-0.3, -0.25) is 9.10 Å². The highest BCUT2D eigenvalue weighted by Crippen LogP contribution is 2.34. The van der Waals surface area contributed by atoms with E-state index in [1.807, 2.05) is 32.0 Å². The first-order valence-electron chi connectivity index (χ1n) is 11.4. The van der Waals surface area contributed by atoms with E-state index in [1.54, 1.807) is 24.3 Å². The molecule has 1 heterocycles. The van der Waals surface area contributed by atoms with Gasteiger partial charge in [-0.1, -0.05) is 37.3 Å². The lowest BCUT2D eigenvalue weighted by Gasteiger charge is -2.39. The number of carbonyl (C=O) groups is 1. The van der Waals surface area contributed by atoms with E-state index in [9.17, 15) is 13.2 Å². The van der Waals surface area contributed by atoms with Gasteiger partial charge in [0.2, 0.25) is 15.9 Å². The van der Waals surface area contributed by atoms with Crippen LogP contribution in [0.15, 0.2) is 54.6 Å². The second kappa shape index (κ2) is 11.0. The Kier molecular flexibility index (Phi) is 8.37. The van der Waals surface area contributed by atoms with Crippen molar-refractivity contribution < 1.29 is 22.7 Å². The minimum atomic E-state index is -3.70. The number of rotatable bonds is 10. The molecule has 1 fully saturated rings. The number of hydrogen-bond acceptors (Lipinski definition) is 5. The van der Waals surface area contributed by atoms with Gasteiger partial charge in [0.25, 0.3) is 0 Å². The zero-order valence-corrected chi connectivity index (χ0v) is 20.4. The summed E-state index contributed by atoms with van der Waals surface area (Å²) in [7, 11) is -3.70. The van der Waals surface area contributed by atoms with Crippen molar-refractivity contribution in [3.05, 3.63) is 60.2 Å². The van der Waals surface area contributed by atoms with Gasteiger partial charge < -0.3 is 14.8 Å². The molecule has 1 N–H and O–H groups in total. The number of carbonyl (C=O) groups excluding carboxylic acids is 1. The van der Waals surface area contributed by atoms with Gasteiger partial charge in [0.05, 0.1) is 18.6 Å². The molecule has 1 atom stereocenters. The standard InChI is InChI=1S/C25H34N2O5S/c1-4-23(27(33(3,29)30)21-11-13-22(14-12-21)32-5-2)24(28)26-19-25(15-17-31-18-16-25)20-9-7-6-8-10-20/h6-14,23H,4-5,15-19H2,1-3H3,(H,26,28). The van der Waals surface area contributed by atoms with E-state index in [0.29, 0.717) is 44.2 Å². The lowest BCUT2D eigenvalue weighted by Crippen LogP contribution is -2.52. The van der Waals surface area contributed by atoms with Crippen LogP contribution in [0.5, 0.6) is 5.75 Å². The summed E-state index contributed by atoms with van der Waals surface area (Å²) in [6.07, 6.45) is 3.06. The Bertz CT molecular complexity index is 1000. The van der Waals surface area contributed by atoms with Gasteiger partial charge in [0.15, 0.2) is 0 Å². The first kappa shape index (κ1) is 25.1. The van der Waals surface area contributed by atoms with Crippen molar-refractivity contribution in [2.24, 2.45) is 0 Å². The van der Waals surface area contributed by atoms with Crippen LogP contribution in [0.2, 0.25) is 0 Å². The smallest absolute Gasteiger partial charge is 0.243 e.